The fourth-order valence-corrected chi connectivity index (χ4v) is 2.48. The first-order chi connectivity index (χ1) is 9.13. The van der Waals surface area contributed by atoms with Crippen LogP contribution < -0.4 is 5.32 Å². The topological polar surface area (TPSA) is 12.0 Å². The Morgan fingerprint density at radius 2 is 1.74 bits per heavy atom. The van der Waals surface area contributed by atoms with Gasteiger partial charge in [-0.3, -0.25) is 0 Å². The van der Waals surface area contributed by atoms with Gasteiger partial charge >= 0.3 is 0 Å². The molecule has 0 spiro atoms. The standard InChI is InChI=1S/C15H14BrF2N/c1-19-14(11-6-2-3-7-12(11)17)9-10-5-4-8-13(18)15(10)16/h2-8,14,19H,9H2,1H3. The lowest BCUT2D eigenvalue weighted by atomic mass is 9.98. The molecule has 0 aliphatic carbocycles. The Morgan fingerprint density at radius 3 is 2.42 bits per heavy atom. The Hall–Kier alpha value is -1.26. The summed E-state index contributed by atoms with van der Waals surface area (Å²) in [6, 6.07) is 11.3. The number of hydrogen-bond acceptors (Lipinski definition) is 1. The van der Waals surface area contributed by atoms with Crippen molar-refractivity contribution in [3.8, 4) is 0 Å². The molecule has 0 saturated heterocycles. The summed E-state index contributed by atoms with van der Waals surface area (Å²) in [5, 5.41) is 3.07. The fraction of sp³-hybridized carbons (Fsp3) is 0.200. The summed E-state index contributed by atoms with van der Waals surface area (Å²) in [5.41, 5.74) is 1.39. The van der Waals surface area contributed by atoms with E-state index in [9.17, 15) is 8.78 Å². The second-order valence-corrected chi connectivity index (χ2v) is 5.07. The molecule has 2 rings (SSSR count). The zero-order chi connectivity index (χ0) is 13.8. The highest BCUT2D eigenvalue weighted by molar-refractivity contribution is 9.10. The van der Waals surface area contributed by atoms with Gasteiger partial charge in [-0.1, -0.05) is 30.3 Å². The molecule has 1 unspecified atom stereocenters. The Labute approximate surface area is 119 Å². The van der Waals surface area contributed by atoms with Crippen LogP contribution in [-0.2, 0) is 6.42 Å². The molecule has 2 aromatic rings. The van der Waals surface area contributed by atoms with E-state index in [0.29, 0.717) is 16.5 Å². The molecule has 0 fully saturated rings. The number of rotatable bonds is 4. The maximum atomic E-state index is 13.8. The highest BCUT2D eigenvalue weighted by Gasteiger charge is 2.16. The van der Waals surface area contributed by atoms with Gasteiger partial charge < -0.3 is 5.32 Å². The Kier molecular flexibility index (Phi) is 4.66. The molecule has 0 aromatic heterocycles. The monoisotopic (exact) mass is 325 g/mol. The van der Waals surface area contributed by atoms with E-state index in [2.05, 4.69) is 21.2 Å². The number of hydrogen-bond donors (Lipinski definition) is 1. The largest absolute Gasteiger partial charge is 0.313 e. The van der Waals surface area contributed by atoms with E-state index in [1.54, 1.807) is 31.3 Å². The number of benzene rings is 2. The SMILES string of the molecule is CNC(Cc1cccc(F)c1Br)c1ccccc1F. The Bertz CT molecular complexity index is 572. The van der Waals surface area contributed by atoms with Gasteiger partial charge in [0.1, 0.15) is 11.6 Å². The molecule has 1 atom stereocenters. The Morgan fingerprint density at radius 1 is 1.05 bits per heavy atom. The normalized spacial score (nSPS) is 12.4. The van der Waals surface area contributed by atoms with Gasteiger partial charge in [0.25, 0.3) is 0 Å². The van der Waals surface area contributed by atoms with Gasteiger partial charge in [-0.15, -0.1) is 0 Å². The molecular formula is C15H14BrF2N. The average Bonchev–Trinajstić information content (AvgIpc) is 2.41. The van der Waals surface area contributed by atoms with Crippen LogP contribution in [0.2, 0.25) is 0 Å². The minimum absolute atomic E-state index is 0.195. The molecule has 0 saturated carbocycles. The lowest BCUT2D eigenvalue weighted by molar-refractivity contribution is 0.531. The summed E-state index contributed by atoms with van der Waals surface area (Å²) < 4.78 is 27.7. The molecule has 1 N–H and O–H groups in total. The summed E-state index contributed by atoms with van der Waals surface area (Å²) in [5.74, 6) is -0.560. The third-order valence-electron chi connectivity index (χ3n) is 3.08. The fourth-order valence-electron chi connectivity index (χ4n) is 2.05. The molecule has 2 aromatic carbocycles. The van der Waals surface area contributed by atoms with Crippen molar-refractivity contribution in [1.82, 2.24) is 5.32 Å². The lowest BCUT2D eigenvalue weighted by Crippen LogP contribution is -2.20. The molecule has 0 bridgehead atoms. The van der Waals surface area contributed by atoms with E-state index in [-0.39, 0.29) is 17.7 Å². The summed E-state index contributed by atoms with van der Waals surface area (Å²) in [7, 11) is 1.77. The van der Waals surface area contributed by atoms with Gasteiger partial charge in [-0.05, 0) is 47.1 Å². The van der Waals surface area contributed by atoms with Crippen LogP contribution in [0, 0.1) is 11.6 Å². The maximum absolute atomic E-state index is 13.8. The molecule has 0 aliphatic rings. The number of halogens is 3. The zero-order valence-corrected chi connectivity index (χ0v) is 12.0. The van der Waals surface area contributed by atoms with Crippen LogP contribution in [0.1, 0.15) is 17.2 Å². The van der Waals surface area contributed by atoms with Crippen molar-refractivity contribution in [1.29, 1.82) is 0 Å². The molecule has 4 heteroatoms. The first kappa shape index (κ1) is 14.2. The summed E-state index contributed by atoms with van der Waals surface area (Å²) >= 11 is 3.23. The van der Waals surface area contributed by atoms with Crippen molar-refractivity contribution in [3.05, 3.63) is 69.7 Å². The molecular weight excluding hydrogens is 312 g/mol. The summed E-state index contributed by atoms with van der Waals surface area (Å²) in [4.78, 5) is 0. The average molecular weight is 326 g/mol. The third-order valence-corrected chi connectivity index (χ3v) is 3.97. The van der Waals surface area contributed by atoms with Crippen molar-refractivity contribution in [2.75, 3.05) is 7.05 Å². The molecule has 0 amide bonds. The van der Waals surface area contributed by atoms with E-state index < -0.39 is 0 Å². The van der Waals surface area contributed by atoms with E-state index >= 15 is 0 Å². The minimum Gasteiger partial charge on any atom is -0.313 e. The molecule has 0 heterocycles. The molecule has 19 heavy (non-hydrogen) atoms. The number of nitrogens with one attached hydrogen (secondary N) is 1. The van der Waals surface area contributed by atoms with Crippen LogP contribution in [0.25, 0.3) is 0 Å². The predicted molar refractivity (Wildman–Crippen MR) is 76.0 cm³/mol. The van der Waals surface area contributed by atoms with Crippen molar-refractivity contribution < 1.29 is 8.78 Å². The van der Waals surface area contributed by atoms with Gasteiger partial charge in [-0.2, -0.15) is 0 Å². The van der Waals surface area contributed by atoms with Crippen LogP contribution in [-0.4, -0.2) is 7.05 Å². The molecule has 1 nitrogen and oxygen atoms in total. The van der Waals surface area contributed by atoms with Gasteiger partial charge in [-0.25, -0.2) is 8.78 Å². The van der Waals surface area contributed by atoms with Crippen molar-refractivity contribution in [2.45, 2.75) is 12.5 Å². The van der Waals surface area contributed by atoms with Gasteiger partial charge in [0.15, 0.2) is 0 Å². The second kappa shape index (κ2) is 6.26. The summed E-state index contributed by atoms with van der Waals surface area (Å²) in [6.45, 7) is 0. The maximum Gasteiger partial charge on any atom is 0.137 e. The highest BCUT2D eigenvalue weighted by atomic mass is 79.9. The van der Waals surface area contributed by atoms with Crippen molar-refractivity contribution >= 4 is 15.9 Å². The molecule has 0 radical (unpaired) electrons. The predicted octanol–water partition coefficient (Wildman–Crippen LogP) is 4.23. The zero-order valence-electron chi connectivity index (χ0n) is 10.5. The molecule has 0 aliphatic heterocycles. The first-order valence-electron chi connectivity index (χ1n) is 5.98. The van der Waals surface area contributed by atoms with E-state index in [1.807, 2.05) is 6.07 Å². The van der Waals surface area contributed by atoms with Gasteiger partial charge in [0.05, 0.1) is 4.47 Å². The van der Waals surface area contributed by atoms with Crippen LogP contribution in [0.4, 0.5) is 8.78 Å². The Balaban J connectivity index is 2.30. The first-order valence-corrected chi connectivity index (χ1v) is 6.77. The summed E-state index contributed by atoms with van der Waals surface area (Å²) in [6.07, 6.45) is 0.510. The lowest BCUT2D eigenvalue weighted by Gasteiger charge is -2.18. The van der Waals surface area contributed by atoms with E-state index in [0.717, 1.165) is 5.56 Å². The van der Waals surface area contributed by atoms with E-state index in [1.165, 1.54) is 12.1 Å². The van der Waals surface area contributed by atoms with Gasteiger partial charge in [0.2, 0.25) is 0 Å². The van der Waals surface area contributed by atoms with Crippen molar-refractivity contribution in [2.24, 2.45) is 0 Å². The van der Waals surface area contributed by atoms with E-state index in [4.69, 9.17) is 0 Å². The number of likely N-dealkylation sites (N-methyl/N-ethyl adjacent to an activating group) is 1. The van der Waals surface area contributed by atoms with Crippen LogP contribution in [0.3, 0.4) is 0 Å². The highest BCUT2D eigenvalue weighted by Crippen LogP contribution is 2.26. The minimum atomic E-state index is -0.305. The molecule has 100 valence electrons. The van der Waals surface area contributed by atoms with Crippen LogP contribution in [0.5, 0.6) is 0 Å². The van der Waals surface area contributed by atoms with Crippen molar-refractivity contribution in [3.63, 3.8) is 0 Å². The second-order valence-electron chi connectivity index (χ2n) is 4.28. The van der Waals surface area contributed by atoms with Crippen LogP contribution >= 0.6 is 15.9 Å². The van der Waals surface area contributed by atoms with Gasteiger partial charge in [0, 0.05) is 11.6 Å². The third kappa shape index (κ3) is 3.19. The smallest absolute Gasteiger partial charge is 0.137 e. The quantitative estimate of drug-likeness (QED) is 0.887. The van der Waals surface area contributed by atoms with Crippen LogP contribution in [0.15, 0.2) is 46.9 Å².